The van der Waals surface area contributed by atoms with E-state index in [0.29, 0.717) is 29.2 Å². The van der Waals surface area contributed by atoms with Crippen LogP contribution in [0.4, 0.5) is 4.39 Å². The van der Waals surface area contributed by atoms with E-state index in [1.165, 1.54) is 25.3 Å². The van der Waals surface area contributed by atoms with Crippen molar-refractivity contribution < 1.29 is 36.7 Å². The predicted octanol–water partition coefficient (Wildman–Crippen LogP) is 1.18. The minimum Gasteiger partial charge on any atom is -0.494 e. The molecule has 1 amide bonds. The highest BCUT2D eigenvalue weighted by molar-refractivity contribution is 7.90. The molecule has 4 rings (SSSR count). The third kappa shape index (κ3) is 6.53. The number of aromatic nitrogens is 2. The summed E-state index contributed by atoms with van der Waals surface area (Å²) < 4.78 is 52.9. The molecule has 0 bridgehead atoms. The number of nitrogens with one attached hydrogen (secondary N) is 1. The van der Waals surface area contributed by atoms with Gasteiger partial charge in [0.15, 0.2) is 17.7 Å². The second-order valence-electron chi connectivity index (χ2n) is 8.64. The van der Waals surface area contributed by atoms with E-state index in [9.17, 15) is 17.6 Å². The number of carbonyl (C=O) groups is 1. The summed E-state index contributed by atoms with van der Waals surface area (Å²) in [5.41, 5.74) is 1.80. The molecular weight excluding hydrogens is 495 g/mol. The topological polar surface area (TPSA) is 138 Å². The van der Waals surface area contributed by atoms with E-state index < -0.39 is 39.9 Å². The van der Waals surface area contributed by atoms with Crippen molar-refractivity contribution in [2.45, 2.75) is 38.2 Å². The lowest BCUT2D eigenvalue weighted by Gasteiger charge is -2.31. The second-order valence-corrected chi connectivity index (χ2v) is 10.8. The summed E-state index contributed by atoms with van der Waals surface area (Å²) in [6.45, 7) is 2.14. The Morgan fingerprint density at radius 2 is 2.00 bits per heavy atom. The van der Waals surface area contributed by atoms with Crippen LogP contribution in [-0.4, -0.2) is 80.6 Å². The van der Waals surface area contributed by atoms with Crippen LogP contribution < -0.4 is 10.1 Å². The Hall–Kier alpha value is -3.16. The molecule has 13 heteroatoms. The summed E-state index contributed by atoms with van der Waals surface area (Å²) in [7, 11) is -1.80. The van der Waals surface area contributed by atoms with Gasteiger partial charge in [0, 0.05) is 19.2 Å². The number of halogens is 1. The van der Waals surface area contributed by atoms with Crippen molar-refractivity contribution in [1.82, 2.24) is 15.3 Å². The lowest BCUT2D eigenvalue weighted by atomic mass is 10.0. The average Bonchev–Trinajstić information content (AvgIpc) is 3.33. The number of rotatable bonds is 8. The fourth-order valence-electron chi connectivity index (χ4n) is 3.87. The zero-order valence-electron chi connectivity index (χ0n) is 20.1. The molecule has 1 fully saturated rings. The lowest BCUT2D eigenvalue weighted by molar-refractivity contribution is -0.165. The Morgan fingerprint density at radius 1 is 1.19 bits per heavy atom. The Kier molecular flexibility index (Phi) is 7.81. The Balaban J connectivity index is 1.35. The molecule has 1 N–H and O–H groups in total. The number of aryl methyl sites for hydroxylation is 1. The molecule has 2 aliphatic heterocycles. The highest BCUT2D eigenvalue weighted by atomic mass is 32.2. The van der Waals surface area contributed by atoms with E-state index in [1.54, 1.807) is 13.0 Å². The van der Waals surface area contributed by atoms with E-state index in [4.69, 9.17) is 19.0 Å². The summed E-state index contributed by atoms with van der Waals surface area (Å²) in [5.74, 6) is -0.545. The largest absolute Gasteiger partial charge is 0.494 e. The number of methoxy groups -OCH3 is 1. The van der Waals surface area contributed by atoms with Crippen LogP contribution in [0.5, 0.6) is 5.75 Å². The molecule has 0 spiro atoms. The smallest absolute Gasteiger partial charge is 0.270 e. The van der Waals surface area contributed by atoms with Gasteiger partial charge in [0.2, 0.25) is 0 Å². The van der Waals surface area contributed by atoms with E-state index in [2.05, 4.69) is 20.4 Å². The third-order valence-electron chi connectivity index (χ3n) is 5.62. The molecule has 0 radical (unpaired) electrons. The molecule has 2 aliphatic rings. The van der Waals surface area contributed by atoms with Crippen LogP contribution in [0.3, 0.4) is 0 Å². The van der Waals surface area contributed by atoms with Gasteiger partial charge >= 0.3 is 0 Å². The number of nitrogens with zero attached hydrogens (tertiary/aromatic N) is 3. The van der Waals surface area contributed by atoms with Crippen LogP contribution in [0.2, 0.25) is 0 Å². The number of amides is 1. The van der Waals surface area contributed by atoms with E-state index >= 15 is 0 Å². The minimum absolute atomic E-state index is 0.0916. The fraction of sp³-hybridized carbons (Fsp3) is 0.478. The molecule has 1 aromatic carbocycles. The molecule has 36 heavy (non-hydrogen) atoms. The molecule has 194 valence electrons. The molecule has 0 saturated carbocycles. The summed E-state index contributed by atoms with van der Waals surface area (Å²) >= 11 is 0. The SMILES string of the molecule is COc1cc(CNC(=O)c2cc(C3=NO[C@H]([C@H]4CO[C@H](CS(C)(=O)=O)CO4)C3)nc(C)n2)ccc1F. The normalized spacial score (nSPS) is 22.0. The molecule has 11 nitrogen and oxygen atoms in total. The van der Waals surface area contributed by atoms with Crippen LogP contribution in [0, 0.1) is 12.7 Å². The van der Waals surface area contributed by atoms with Crippen molar-refractivity contribution >= 4 is 21.5 Å². The standard InChI is InChI=1S/C23H27FN4O7S/c1-13-26-17(7-19(27-13)23(29)25-9-14-4-5-16(24)20(6-14)32-2)18-8-21(35-28-18)22-11-33-15(10-34-22)12-36(3,30)31/h4-7,15,21-22H,8-12H2,1-3H3,(H,25,29)/t15-,21-,22+/m0/s1. The highest BCUT2D eigenvalue weighted by Gasteiger charge is 2.36. The first-order valence-corrected chi connectivity index (χ1v) is 13.3. The van der Waals surface area contributed by atoms with Crippen molar-refractivity contribution in [3.05, 3.63) is 52.9 Å². The molecule has 1 saturated heterocycles. The predicted molar refractivity (Wildman–Crippen MR) is 126 cm³/mol. The molecule has 1 aromatic heterocycles. The highest BCUT2D eigenvalue weighted by Crippen LogP contribution is 2.24. The second kappa shape index (κ2) is 10.8. The van der Waals surface area contributed by atoms with Gasteiger partial charge in [0.05, 0.1) is 37.9 Å². The molecule has 0 unspecified atom stereocenters. The maximum atomic E-state index is 13.6. The zero-order chi connectivity index (χ0) is 25.9. The van der Waals surface area contributed by atoms with Gasteiger partial charge < -0.3 is 24.4 Å². The first kappa shape index (κ1) is 25.9. The van der Waals surface area contributed by atoms with Gasteiger partial charge in [-0.05, 0) is 30.7 Å². The van der Waals surface area contributed by atoms with E-state index in [-0.39, 0.29) is 37.0 Å². The van der Waals surface area contributed by atoms with Crippen LogP contribution in [-0.2, 0) is 30.7 Å². The number of carbonyl (C=O) groups excluding carboxylic acids is 1. The lowest BCUT2D eigenvalue weighted by Crippen LogP contribution is -2.44. The van der Waals surface area contributed by atoms with Gasteiger partial charge in [-0.3, -0.25) is 4.79 Å². The summed E-state index contributed by atoms with van der Waals surface area (Å²) in [4.78, 5) is 26.9. The first-order valence-electron chi connectivity index (χ1n) is 11.2. The monoisotopic (exact) mass is 522 g/mol. The van der Waals surface area contributed by atoms with Gasteiger partial charge in [-0.2, -0.15) is 0 Å². The zero-order valence-corrected chi connectivity index (χ0v) is 20.9. The number of sulfone groups is 1. The van der Waals surface area contributed by atoms with Crippen LogP contribution in [0.25, 0.3) is 0 Å². The fourth-order valence-corrected chi connectivity index (χ4v) is 4.74. The van der Waals surface area contributed by atoms with Crippen LogP contribution >= 0.6 is 0 Å². The van der Waals surface area contributed by atoms with E-state index in [0.717, 1.165) is 6.26 Å². The summed E-state index contributed by atoms with van der Waals surface area (Å²) in [6, 6.07) is 5.87. The summed E-state index contributed by atoms with van der Waals surface area (Å²) in [5, 5.41) is 6.87. The van der Waals surface area contributed by atoms with Gasteiger partial charge in [-0.15, -0.1) is 0 Å². The van der Waals surface area contributed by atoms with Gasteiger partial charge in [-0.25, -0.2) is 22.8 Å². The van der Waals surface area contributed by atoms with Crippen molar-refractivity contribution in [2.75, 3.05) is 32.3 Å². The summed E-state index contributed by atoms with van der Waals surface area (Å²) in [6.07, 6.45) is 0.165. The maximum absolute atomic E-state index is 13.6. The number of oxime groups is 1. The Labute approximate surface area is 207 Å². The quantitative estimate of drug-likeness (QED) is 0.542. The van der Waals surface area contributed by atoms with Crippen LogP contribution in [0.1, 0.15) is 34.0 Å². The molecule has 3 heterocycles. The van der Waals surface area contributed by atoms with Crippen molar-refractivity contribution in [1.29, 1.82) is 0 Å². The Bertz CT molecular complexity index is 1260. The Morgan fingerprint density at radius 3 is 2.69 bits per heavy atom. The molecule has 0 aliphatic carbocycles. The first-order chi connectivity index (χ1) is 17.1. The number of hydrogen-bond acceptors (Lipinski definition) is 10. The van der Waals surface area contributed by atoms with Crippen molar-refractivity contribution in [3.8, 4) is 5.75 Å². The number of benzene rings is 1. The molecule has 3 atom stereocenters. The van der Waals surface area contributed by atoms with Gasteiger partial charge in [-0.1, -0.05) is 11.2 Å². The molecular formula is C23H27FN4O7S. The van der Waals surface area contributed by atoms with E-state index in [1.807, 2.05) is 0 Å². The minimum atomic E-state index is -3.17. The number of hydrogen-bond donors (Lipinski definition) is 1. The molecule has 2 aromatic rings. The van der Waals surface area contributed by atoms with Crippen molar-refractivity contribution in [2.24, 2.45) is 5.16 Å². The number of ether oxygens (including phenoxy) is 3. The van der Waals surface area contributed by atoms with Crippen LogP contribution in [0.15, 0.2) is 29.4 Å². The van der Waals surface area contributed by atoms with Gasteiger partial charge in [0.1, 0.15) is 33.2 Å². The third-order valence-corrected chi connectivity index (χ3v) is 6.60. The van der Waals surface area contributed by atoms with Crippen molar-refractivity contribution in [3.63, 3.8) is 0 Å². The average molecular weight is 523 g/mol. The maximum Gasteiger partial charge on any atom is 0.270 e. The van der Waals surface area contributed by atoms with Gasteiger partial charge in [0.25, 0.3) is 5.91 Å².